The maximum atomic E-state index is 5.18. The zero-order valence-corrected chi connectivity index (χ0v) is 8.92. The van der Waals surface area contributed by atoms with Crippen LogP contribution in [0, 0.1) is 6.92 Å². The molecule has 0 saturated carbocycles. The van der Waals surface area contributed by atoms with Crippen molar-refractivity contribution in [3.63, 3.8) is 0 Å². The van der Waals surface area contributed by atoms with Crippen molar-refractivity contribution in [3.8, 4) is 0 Å². The molecule has 2 heterocycles. The Morgan fingerprint density at radius 2 is 2.19 bits per heavy atom. The van der Waals surface area contributed by atoms with Gasteiger partial charge in [0.15, 0.2) is 5.89 Å². The van der Waals surface area contributed by atoms with E-state index in [0.29, 0.717) is 12.4 Å². The topological polar surface area (TPSA) is 43.9 Å². The van der Waals surface area contributed by atoms with Gasteiger partial charge in [0, 0.05) is 6.92 Å². The number of imidazole rings is 1. The minimum atomic E-state index is 0.692. The first kappa shape index (κ1) is 9.15. The Morgan fingerprint density at radius 3 is 3.00 bits per heavy atom. The first-order valence-corrected chi connectivity index (χ1v) is 5.14. The van der Waals surface area contributed by atoms with E-state index in [1.54, 1.807) is 6.26 Å². The van der Waals surface area contributed by atoms with Crippen LogP contribution in [0.5, 0.6) is 0 Å². The van der Waals surface area contributed by atoms with Gasteiger partial charge in [-0.1, -0.05) is 12.1 Å². The van der Waals surface area contributed by atoms with Gasteiger partial charge in [0.05, 0.1) is 29.6 Å². The lowest BCUT2D eigenvalue weighted by Gasteiger charge is -1.99. The van der Waals surface area contributed by atoms with Crippen molar-refractivity contribution in [2.24, 2.45) is 0 Å². The van der Waals surface area contributed by atoms with E-state index in [-0.39, 0.29) is 0 Å². The number of hydrogen-bond acceptors (Lipinski definition) is 3. The molecule has 16 heavy (non-hydrogen) atoms. The van der Waals surface area contributed by atoms with E-state index < -0.39 is 0 Å². The highest BCUT2D eigenvalue weighted by Crippen LogP contribution is 2.13. The summed E-state index contributed by atoms with van der Waals surface area (Å²) in [5, 5.41) is 0. The van der Waals surface area contributed by atoms with Crippen LogP contribution in [-0.4, -0.2) is 14.5 Å². The second-order valence-corrected chi connectivity index (χ2v) is 3.72. The average molecular weight is 213 g/mol. The first-order valence-electron chi connectivity index (χ1n) is 5.14. The summed E-state index contributed by atoms with van der Waals surface area (Å²) in [5.74, 6) is 0.694. The first-order chi connectivity index (χ1) is 7.83. The fourth-order valence-electron chi connectivity index (χ4n) is 1.79. The highest BCUT2D eigenvalue weighted by Gasteiger charge is 2.04. The molecule has 0 fully saturated rings. The molecule has 0 radical (unpaired) electrons. The minimum absolute atomic E-state index is 0.692. The number of rotatable bonds is 2. The van der Waals surface area contributed by atoms with E-state index in [1.807, 2.05) is 31.5 Å². The van der Waals surface area contributed by atoms with Gasteiger partial charge in [0.1, 0.15) is 6.26 Å². The third kappa shape index (κ3) is 1.48. The van der Waals surface area contributed by atoms with Crippen LogP contribution >= 0.6 is 0 Å². The third-order valence-corrected chi connectivity index (χ3v) is 2.53. The van der Waals surface area contributed by atoms with E-state index in [4.69, 9.17) is 4.42 Å². The number of benzene rings is 1. The van der Waals surface area contributed by atoms with E-state index in [9.17, 15) is 0 Å². The number of oxazole rings is 1. The van der Waals surface area contributed by atoms with Crippen LogP contribution < -0.4 is 0 Å². The molecule has 0 saturated heterocycles. The van der Waals surface area contributed by atoms with Crippen LogP contribution in [0.3, 0.4) is 0 Å². The Hall–Kier alpha value is -2.10. The molecule has 0 unspecified atom stereocenters. The number of nitrogens with zero attached hydrogens (tertiary/aromatic N) is 3. The Bertz CT molecular complexity index is 624. The standard InChI is InChI=1S/C12H11N3O/c1-9-14-10(7-16-9)6-15-8-13-11-4-2-3-5-12(11)15/h2-5,7-8H,6H2,1H3. The molecule has 0 bridgehead atoms. The van der Waals surface area contributed by atoms with Crippen LogP contribution in [0.2, 0.25) is 0 Å². The number of aryl methyl sites for hydroxylation is 1. The molecule has 0 aliphatic heterocycles. The van der Waals surface area contributed by atoms with E-state index in [1.165, 1.54) is 0 Å². The van der Waals surface area contributed by atoms with Crippen LogP contribution in [0.4, 0.5) is 0 Å². The SMILES string of the molecule is Cc1nc(Cn2cnc3ccccc32)co1. The molecule has 80 valence electrons. The maximum Gasteiger partial charge on any atom is 0.191 e. The van der Waals surface area contributed by atoms with Crippen molar-refractivity contribution < 1.29 is 4.42 Å². The summed E-state index contributed by atoms with van der Waals surface area (Å²) in [6, 6.07) is 8.05. The molecule has 0 amide bonds. The average Bonchev–Trinajstić information content (AvgIpc) is 2.87. The lowest BCUT2D eigenvalue weighted by molar-refractivity contribution is 0.520. The van der Waals surface area contributed by atoms with E-state index in [0.717, 1.165) is 16.7 Å². The van der Waals surface area contributed by atoms with Crippen molar-refractivity contribution >= 4 is 11.0 Å². The molecular weight excluding hydrogens is 202 g/mol. The maximum absolute atomic E-state index is 5.18. The molecule has 3 rings (SSSR count). The molecule has 3 aromatic rings. The van der Waals surface area contributed by atoms with Crippen LogP contribution in [0.25, 0.3) is 11.0 Å². The molecule has 0 aliphatic carbocycles. The molecule has 2 aromatic heterocycles. The van der Waals surface area contributed by atoms with E-state index >= 15 is 0 Å². The Kier molecular flexibility index (Phi) is 1.99. The molecule has 4 heteroatoms. The summed E-state index contributed by atoms with van der Waals surface area (Å²) in [7, 11) is 0. The summed E-state index contributed by atoms with van der Waals surface area (Å²) in [6.45, 7) is 2.54. The van der Waals surface area contributed by atoms with Gasteiger partial charge in [-0.2, -0.15) is 0 Å². The third-order valence-electron chi connectivity index (χ3n) is 2.53. The zero-order chi connectivity index (χ0) is 11.0. The summed E-state index contributed by atoms with van der Waals surface area (Å²) >= 11 is 0. The van der Waals surface area contributed by atoms with Gasteiger partial charge in [-0.25, -0.2) is 9.97 Å². The number of aromatic nitrogens is 3. The normalized spacial score (nSPS) is 11.1. The summed E-state index contributed by atoms with van der Waals surface area (Å²) in [4.78, 5) is 8.60. The second-order valence-electron chi connectivity index (χ2n) is 3.72. The van der Waals surface area contributed by atoms with Crippen LogP contribution in [-0.2, 0) is 6.54 Å². The zero-order valence-electron chi connectivity index (χ0n) is 8.92. The quantitative estimate of drug-likeness (QED) is 0.656. The number of hydrogen-bond donors (Lipinski definition) is 0. The van der Waals surface area contributed by atoms with Gasteiger partial charge in [-0.05, 0) is 12.1 Å². The molecular formula is C12H11N3O. The Labute approximate surface area is 92.6 Å². The fourth-order valence-corrected chi connectivity index (χ4v) is 1.79. The molecule has 4 nitrogen and oxygen atoms in total. The predicted molar refractivity (Wildman–Crippen MR) is 60.1 cm³/mol. The van der Waals surface area contributed by atoms with Crippen molar-refractivity contribution in [2.75, 3.05) is 0 Å². The second kappa shape index (κ2) is 3.48. The fraction of sp³-hybridized carbons (Fsp3) is 0.167. The largest absolute Gasteiger partial charge is 0.449 e. The lowest BCUT2D eigenvalue weighted by atomic mass is 10.3. The van der Waals surface area contributed by atoms with Gasteiger partial charge in [-0.3, -0.25) is 0 Å². The van der Waals surface area contributed by atoms with E-state index in [2.05, 4.69) is 20.6 Å². The van der Waals surface area contributed by atoms with Gasteiger partial charge in [0.25, 0.3) is 0 Å². The number of para-hydroxylation sites is 2. The van der Waals surface area contributed by atoms with Crippen LogP contribution in [0.15, 0.2) is 41.3 Å². The summed E-state index contributed by atoms with van der Waals surface area (Å²) in [5.41, 5.74) is 3.03. The van der Waals surface area contributed by atoms with Crippen molar-refractivity contribution in [1.82, 2.24) is 14.5 Å². The van der Waals surface area contributed by atoms with Crippen molar-refractivity contribution in [2.45, 2.75) is 13.5 Å². The number of fused-ring (bicyclic) bond motifs is 1. The monoisotopic (exact) mass is 213 g/mol. The minimum Gasteiger partial charge on any atom is -0.449 e. The molecule has 0 atom stereocenters. The molecule has 1 aromatic carbocycles. The smallest absolute Gasteiger partial charge is 0.191 e. The van der Waals surface area contributed by atoms with Crippen molar-refractivity contribution in [3.05, 3.63) is 48.4 Å². The van der Waals surface area contributed by atoms with Gasteiger partial charge >= 0.3 is 0 Å². The Balaban J connectivity index is 2.00. The highest BCUT2D eigenvalue weighted by molar-refractivity contribution is 5.74. The Morgan fingerprint density at radius 1 is 1.31 bits per heavy atom. The molecule has 0 spiro atoms. The van der Waals surface area contributed by atoms with Gasteiger partial charge in [-0.15, -0.1) is 0 Å². The molecule has 0 N–H and O–H groups in total. The molecule has 0 aliphatic rings. The highest BCUT2D eigenvalue weighted by atomic mass is 16.3. The summed E-state index contributed by atoms with van der Waals surface area (Å²) in [6.07, 6.45) is 3.51. The predicted octanol–water partition coefficient (Wildman–Crippen LogP) is 2.38. The van der Waals surface area contributed by atoms with Gasteiger partial charge < -0.3 is 8.98 Å². The summed E-state index contributed by atoms with van der Waals surface area (Å²) < 4.78 is 7.24. The van der Waals surface area contributed by atoms with Crippen LogP contribution in [0.1, 0.15) is 11.6 Å². The van der Waals surface area contributed by atoms with Crippen molar-refractivity contribution in [1.29, 1.82) is 0 Å². The lowest BCUT2D eigenvalue weighted by Crippen LogP contribution is -1.97. The van der Waals surface area contributed by atoms with Gasteiger partial charge in [0.2, 0.25) is 0 Å².